The summed E-state index contributed by atoms with van der Waals surface area (Å²) in [5, 5.41) is 12.7. The highest BCUT2D eigenvalue weighted by Crippen LogP contribution is 2.33. The lowest BCUT2D eigenvalue weighted by Crippen LogP contribution is -2.14. The van der Waals surface area contributed by atoms with Crippen molar-refractivity contribution in [3.05, 3.63) is 105 Å². The van der Waals surface area contributed by atoms with Crippen LogP contribution in [0.2, 0.25) is 0 Å². The van der Waals surface area contributed by atoms with Crippen molar-refractivity contribution in [3.8, 4) is 0 Å². The number of halogens is 4. The zero-order valence-electron chi connectivity index (χ0n) is 15.0. The molecule has 0 aliphatic rings. The van der Waals surface area contributed by atoms with Gasteiger partial charge >= 0.3 is 0 Å². The van der Waals surface area contributed by atoms with Crippen molar-refractivity contribution in [2.24, 2.45) is 5.16 Å². The molecule has 28 heavy (non-hydrogen) atoms. The van der Waals surface area contributed by atoms with Gasteiger partial charge in [0.2, 0.25) is 0 Å². The van der Waals surface area contributed by atoms with Crippen molar-refractivity contribution in [1.29, 1.82) is 0 Å². The topological polar surface area (TPSA) is 32.6 Å². The normalized spacial score (nSPS) is 12.8. The lowest BCUT2D eigenvalue weighted by Gasteiger charge is -2.21. The van der Waals surface area contributed by atoms with E-state index in [1.807, 2.05) is 55.5 Å². The molecule has 0 saturated carbocycles. The summed E-state index contributed by atoms with van der Waals surface area (Å²) in [5.41, 5.74) is 2.32. The highest BCUT2D eigenvalue weighted by molar-refractivity contribution is 9.10. The van der Waals surface area contributed by atoms with E-state index in [1.165, 1.54) is 0 Å². The first kappa shape index (κ1) is 20.1. The predicted octanol–water partition coefficient (Wildman–Crippen LogP) is 6.58. The van der Waals surface area contributed by atoms with Gasteiger partial charge in [-0.3, -0.25) is 0 Å². The summed E-state index contributed by atoms with van der Waals surface area (Å²) in [7, 11) is 0. The fourth-order valence-corrected chi connectivity index (χ4v) is 3.51. The molecule has 0 radical (unpaired) electrons. The van der Waals surface area contributed by atoms with E-state index in [0.717, 1.165) is 27.2 Å². The minimum atomic E-state index is -1.33. The molecule has 2 nitrogen and oxygen atoms in total. The third-order valence-corrected chi connectivity index (χ3v) is 5.19. The summed E-state index contributed by atoms with van der Waals surface area (Å²) < 4.78 is 42.5. The van der Waals surface area contributed by atoms with Gasteiger partial charge in [-0.15, -0.1) is 0 Å². The molecule has 1 atom stereocenters. The second-order valence-corrected chi connectivity index (χ2v) is 7.38. The lowest BCUT2D eigenvalue weighted by atomic mass is 9.83. The van der Waals surface area contributed by atoms with Crippen LogP contribution in [0.15, 0.2) is 70.3 Å². The van der Waals surface area contributed by atoms with Crippen LogP contribution in [0.4, 0.5) is 13.2 Å². The fraction of sp³-hybridized carbons (Fsp3) is 0.136. The van der Waals surface area contributed by atoms with Crippen LogP contribution in [0.25, 0.3) is 0 Å². The van der Waals surface area contributed by atoms with Gasteiger partial charge in [0.25, 0.3) is 0 Å². The third kappa shape index (κ3) is 4.28. The zero-order valence-corrected chi connectivity index (χ0v) is 16.6. The van der Waals surface area contributed by atoms with Gasteiger partial charge in [0.05, 0.1) is 5.71 Å². The Balaban J connectivity index is 2.09. The van der Waals surface area contributed by atoms with E-state index >= 15 is 0 Å². The van der Waals surface area contributed by atoms with Crippen LogP contribution in [0.5, 0.6) is 0 Å². The molecule has 3 aromatic carbocycles. The Hall–Kier alpha value is -2.60. The molecule has 0 fully saturated rings. The van der Waals surface area contributed by atoms with Gasteiger partial charge in [0.1, 0.15) is 5.82 Å². The van der Waals surface area contributed by atoms with Gasteiger partial charge in [-0.1, -0.05) is 57.5 Å². The molecule has 6 heteroatoms. The summed E-state index contributed by atoms with van der Waals surface area (Å²) >= 11 is 3.40. The number of aryl methyl sites for hydroxylation is 1. The molecule has 3 rings (SSSR count). The second-order valence-electron chi connectivity index (χ2n) is 6.46. The number of rotatable bonds is 5. The van der Waals surface area contributed by atoms with Gasteiger partial charge in [-0.05, 0) is 41.8 Å². The van der Waals surface area contributed by atoms with Crippen molar-refractivity contribution in [3.63, 3.8) is 0 Å². The van der Waals surface area contributed by atoms with E-state index in [1.54, 1.807) is 0 Å². The highest BCUT2D eigenvalue weighted by Gasteiger charge is 2.23. The minimum Gasteiger partial charge on any atom is -0.411 e. The van der Waals surface area contributed by atoms with Crippen LogP contribution in [0.1, 0.15) is 34.6 Å². The van der Waals surface area contributed by atoms with Crippen LogP contribution in [0, 0.1) is 24.4 Å². The molecule has 144 valence electrons. The Morgan fingerprint density at radius 2 is 1.71 bits per heavy atom. The van der Waals surface area contributed by atoms with E-state index in [4.69, 9.17) is 0 Å². The van der Waals surface area contributed by atoms with Crippen molar-refractivity contribution in [1.82, 2.24) is 0 Å². The van der Waals surface area contributed by atoms with Gasteiger partial charge in [-0.2, -0.15) is 0 Å². The van der Waals surface area contributed by atoms with Crippen LogP contribution < -0.4 is 0 Å². The number of hydrogen-bond acceptors (Lipinski definition) is 2. The SMILES string of the molecule is Cc1ccccc1C(CC(=NO)c1cc(F)cc(F)c1F)c1ccc(Br)cc1. The van der Waals surface area contributed by atoms with Gasteiger partial charge in [-0.25, -0.2) is 13.2 Å². The largest absolute Gasteiger partial charge is 0.411 e. The van der Waals surface area contributed by atoms with Gasteiger partial charge in [0.15, 0.2) is 11.6 Å². The third-order valence-electron chi connectivity index (χ3n) is 4.66. The maximum absolute atomic E-state index is 14.3. The van der Waals surface area contributed by atoms with E-state index in [0.29, 0.717) is 6.07 Å². The Labute approximate surface area is 169 Å². The number of hydrogen-bond donors (Lipinski definition) is 1. The maximum Gasteiger partial charge on any atom is 0.168 e. The van der Waals surface area contributed by atoms with Crippen LogP contribution in [-0.4, -0.2) is 10.9 Å². The van der Waals surface area contributed by atoms with Crippen LogP contribution in [0.3, 0.4) is 0 Å². The Morgan fingerprint density at radius 3 is 2.36 bits per heavy atom. The second kappa shape index (κ2) is 8.61. The summed E-state index contributed by atoms with van der Waals surface area (Å²) in [6.45, 7) is 1.94. The van der Waals surface area contributed by atoms with E-state index < -0.39 is 23.0 Å². The molecule has 0 amide bonds. The van der Waals surface area contributed by atoms with Gasteiger partial charge in [0, 0.05) is 28.4 Å². The average Bonchev–Trinajstić information content (AvgIpc) is 2.68. The molecule has 0 aliphatic heterocycles. The highest BCUT2D eigenvalue weighted by atomic mass is 79.9. The first-order valence-corrected chi connectivity index (χ1v) is 9.37. The first-order chi connectivity index (χ1) is 13.4. The van der Waals surface area contributed by atoms with Crippen LogP contribution in [-0.2, 0) is 0 Å². The van der Waals surface area contributed by atoms with Crippen molar-refractivity contribution >= 4 is 21.6 Å². The molecule has 1 unspecified atom stereocenters. The molecular formula is C22H17BrF3NO. The standard InChI is InChI=1S/C22H17BrF3NO/c1-13-4-2-3-5-17(13)18(14-6-8-15(23)9-7-14)12-21(27-28)19-10-16(24)11-20(25)22(19)26/h2-11,18,28H,12H2,1H3. The van der Waals surface area contributed by atoms with E-state index in [2.05, 4.69) is 21.1 Å². The number of nitrogens with zero attached hydrogens (tertiary/aromatic N) is 1. The van der Waals surface area contributed by atoms with Crippen molar-refractivity contribution < 1.29 is 18.4 Å². The smallest absolute Gasteiger partial charge is 0.168 e. The lowest BCUT2D eigenvalue weighted by molar-refractivity contribution is 0.317. The van der Waals surface area contributed by atoms with E-state index in [-0.39, 0.29) is 18.1 Å². The van der Waals surface area contributed by atoms with Gasteiger partial charge < -0.3 is 5.21 Å². The molecule has 0 bridgehead atoms. The molecule has 0 spiro atoms. The van der Waals surface area contributed by atoms with Crippen molar-refractivity contribution in [2.45, 2.75) is 19.3 Å². The summed E-state index contributed by atoms with van der Waals surface area (Å²) in [6, 6.07) is 16.5. The Bertz CT molecular complexity index is 1020. The molecule has 0 saturated heterocycles. The summed E-state index contributed by atoms with van der Waals surface area (Å²) in [5.74, 6) is -3.81. The summed E-state index contributed by atoms with van der Waals surface area (Å²) in [4.78, 5) is 0. The molecular weight excluding hydrogens is 431 g/mol. The summed E-state index contributed by atoms with van der Waals surface area (Å²) in [6.07, 6.45) is 0.0583. The average molecular weight is 448 g/mol. The predicted molar refractivity (Wildman–Crippen MR) is 106 cm³/mol. The first-order valence-electron chi connectivity index (χ1n) is 8.57. The van der Waals surface area contributed by atoms with E-state index in [9.17, 15) is 18.4 Å². The fourth-order valence-electron chi connectivity index (χ4n) is 3.24. The Kier molecular flexibility index (Phi) is 6.19. The number of benzene rings is 3. The van der Waals surface area contributed by atoms with Crippen LogP contribution >= 0.6 is 15.9 Å². The molecule has 3 aromatic rings. The zero-order chi connectivity index (χ0) is 20.3. The van der Waals surface area contributed by atoms with Crippen molar-refractivity contribution in [2.75, 3.05) is 0 Å². The molecule has 0 heterocycles. The molecule has 0 aromatic heterocycles. The molecule has 1 N–H and O–H groups in total. The number of oxime groups is 1. The quantitative estimate of drug-likeness (QED) is 0.204. The Morgan fingerprint density at radius 1 is 1.04 bits per heavy atom. The molecule has 0 aliphatic carbocycles. The minimum absolute atomic E-state index is 0.0583. The monoisotopic (exact) mass is 447 g/mol. The maximum atomic E-state index is 14.3.